The summed E-state index contributed by atoms with van der Waals surface area (Å²) in [5.41, 5.74) is 2.48. The van der Waals surface area contributed by atoms with Crippen LogP contribution in [-0.4, -0.2) is 41.7 Å². The van der Waals surface area contributed by atoms with E-state index in [0.717, 1.165) is 43.0 Å². The molecule has 196 valence electrons. The van der Waals surface area contributed by atoms with Crippen LogP contribution in [0.2, 0.25) is 0 Å². The van der Waals surface area contributed by atoms with Crippen LogP contribution in [0.1, 0.15) is 50.2 Å². The number of carbonyl (C=O) groups excluding carboxylic acids is 3. The van der Waals surface area contributed by atoms with Crippen LogP contribution >= 0.6 is 27.7 Å². The van der Waals surface area contributed by atoms with Crippen molar-refractivity contribution in [3.05, 3.63) is 56.9 Å². The molecule has 2 aromatic rings. The summed E-state index contributed by atoms with van der Waals surface area (Å²) in [6, 6.07) is 11.0. The van der Waals surface area contributed by atoms with Gasteiger partial charge in [-0.2, -0.15) is 0 Å². The van der Waals surface area contributed by atoms with E-state index < -0.39 is 0 Å². The predicted molar refractivity (Wildman–Crippen MR) is 150 cm³/mol. The summed E-state index contributed by atoms with van der Waals surface area (Å²) in [7, 11) is 0. The van der Waals surface area contributed by atoms with E-state index in [4.69, 9.17) is 9.47 Å². The summed E-state index contributed by atoms with van der Waals surface area (Å²) in [6.45, 7) is 4.52. The second kappa shape index (κ2) is 12.6. The Bertz CT molecular complexity index is 1190. The quantitative estimate of drug-likeness (QED) is 0.325. The molecule has 0 aromatic heterocycles. The van der Waals surface area contributed by atoms with Gasteiger partial charge in [-0.05, 0) is 80.3 Å². The fourth-order valence-corrected chi connectivity index (χ4v) is 5.72. The molecular weight excluding hydrogens is 556 g/mol. The summed E-state index contributed by atoms with van der Waals surface area (Å²) >= 11 is 4.50. The van der Waals surface area contributed by atoms with Crippen LogP contribution in [0.15, 0.2) is 45.8 Å². The lowest BCUT2D eigenvalue weighted by Gasteiger charge is -2.25. The molecule has 0 spiro atoms. The van der Waals surface area contributed by atoms with Gasteiger partial charge in [-0.15, -0.1) is 0 Å². The van der Waals surface area contributed by atoms with Gasteiger partial charge in [0.25, 0.3) is 17.1 Å². The molecule has 3 amide bonds. The summed E-state index contributed by atoms with van der Waals surface area (Å²) in [5, 5.41) is 2.58. The van der Waals surface area contributed by atoms with Crippen molar-refractivity contribution in [2.24, 2.45) is 5.92 Å². The predicted octanol–water partition coefficient (Wildman–Crippen LogP) is 6.79. The van der Waals surface area contributed by atoms with E-state index in [-0.39, 0.29) is 23.7 Å². The van der Waals surface area contributed by atoms with E-state index in [1.807, 2.05) is 38.1 Å². The van der Waals surface area contributed by atoms with Gasteiger partial charge in [0, 0.05) is 16.7 Å². The molecule has 0 atom stereocenters. The van der Waals surface area contributed by atoms with Gasteiger partial charge in [-0.3, -0.25) is 19.3 Å². The Balaban J connectivity index is 1.45. The number of anilines is 1. The van der Waals surface area contributed by atoms with Gasteiger partial charge >= 0.3 is 0 Å². The molecule has 2 aliphatic rings. The normalized spacial score (nSPS) is 17.4. The Morgan fingerprint density at radius 3 is 2.51 bits per heavy atom. The van der Waals surface area contributed by atoms with Gasteiger partial charge in [0.15, 0.2) is 18.1 Å². The highest BCUT2D eigenvalue weighted by molar-refractivity contribution is 9.10. The van der Waals surface area contributed by atoms with Crippen molar-refractivity contribution in [1.82, 2.24) is 4.90 Å². The largest absolute Gasteiger partial charge is 0.490 e. The Hall–Kier alpha value is -2.78. The molecule has 1 aliphatic carbocycles. The molecule has 1 N–H and O–H groups in total. The first-order chi connectivity index (χ1) is 17.8. The number of nitrogens with one attached hydrogen (secondary N) is 1. The molecule has 0 bridgehead atoms. The summed E-state index contributed by atoms with van der Waals surface area (Å²) < 4.78 is 12.2. The molecule has 7 nitrogen and oxygen atoms in total. The minimum Gasteiger partial charge on any atom is -0.490 e. The van der Waals surface area contributed by atoms with Crippen molar-refractivity contribution in [2.45, 2.75) is 46.0 Å². The number of amides is 3. The Kier molecular flexibility index (Phi) is 9.32. The first kappa shape index (κ1) is 27.3. The molecule has 0 radical (unpaired) electrons. The van der Waals surface area contributed by atoms with Crippen LogP contribution in [-0.2, 0) is 9.59 Å². The van der Waals surface area contributed by atoms with Gasteiger partial charge in [0.1, 0.15) is 0 Å². The first-order valence-corrected chi connectivity index (χ1v) is 14.2. The minimum absolute atomic E-state index is 0.195. The number of halogens is 1. The highest BCUT2D eigenvalue weighted by Gasteiger charge is 2.36. The van der Waals surface area contributed by atoms with Crippen molar-refractivity contribution < 1.29 is 23.9 Å². The molecule has 37 heavy (non-hydrogen) atoms. The smallest absolute Gasteiger partial charge is 0.293 e. The Morgan fingerprint density at radius 2 is 1.81 bits per heavy atom. The van der Waals surface area contributed by atoms with Gasteiger partial charge in [0.05, 0.1) is 11.5 Å². The van der Waals surface area contributed by atoms with E-state index in [9.17, 15) is 14.4 Å². The summed E-state index contributed by atoms with van der Waals surface area (Å²) in [6.07, 6.45) is 7.37. The van der Waals surface area contributed by atoms with Crippen molar-refractivity contribution in [2.75, 3.05) is 25.1 Å². The number of hydrogen-bond acceptors (Lipinski definition) is 6. The average Bonchev–Trinajstić information content (AvgIpc) is 3.14. The number of nitrogens with zero attached hydrogens (tertiary/aromatic N) is 1. The number of benzene rings is 2. The number of thioether (sulfide) groups is 1. The van der Waals surface area contributed by atoms with Crippen molar-refractivity contribution in [3.8, 4) is 11.5 Å². The van der Waals surface area contributed by atoms with E-state index in [2.05, 4.69) is 21.2 Å². The molecule has 2 fully saturated rings. The third-order valence-corrected chi connectivity index (χ3v) is 7.98. The molecular formula is C28H31BrN2O5S. The maximum absolute atomic E-state index is 13.0. The number of ether oxygens (including phenoxy) is 2. The highest BCUT2D eigenvalue weighted by atomic mass is 79.9. The number of rotatable bonds is 9. The van der Waals surface area contributed by atoms with Gasteiger partial charge in [-0.1, -0.05) is 52.9 Å². The van der Waals surface area contributed by atoms with Crippen LogP contribution in [0.4, 0.5) is 10.5 Å². The van der Waals surface area contributed by atoms with Crippen LogP contribution in [0.25, 0.3) is 6.08 Å². The molecule has 1 aliphatic heterocycles. The zero-order valence-electron chi connectivity index (χ0n) is 21.1. The number of imide groups is 1. The van der Waals surface area contributed by atoms with E-state index in [0.29, 0.717) is 51.2 Å². The lowest BCUT2D eigenvalue weighted by molar-refractivity contribution is -0.123. The summed E-state index contributed by atoms with van der Waals surface area (Å²) in [5.74, 6) is 0.686. The second-order valence-electron chi connectivity index (χ2n) is 9.25. The molecule has 2 aromatic carbocycles. The van der Waals surface area contributed by atoms with Crippen molar-refractivity contribution >= 4 is 56.5 Å². The van der Waals surface area contributed by atoms with Crippen LogP contribution in [0.5, 0.6) is 11.5 Å². The van der Waals surface area contributed by atoms with Gasteiger partial charge in [-0.25, -0.2) is 0 Å². The van der Waals surface area contributed by atoms with Crippen molar-refractivity contribution in [1.29, 1.82) is 0 Å². The highest BCUT2D eigenvalue weighted by Crippen LogP contribution is 2.39. The minimum atomic E-state index is -0.293. The number of aryl methyl sites for hydroxylation is 1. The van der Waals surface area contributed by atoms with Gasteiger partial charge in [0.2, 0.25) is 0 Å². The molecule has 0 unspecified atom stereocenters. The molecule has 1 saturated heterocycles. The first-order valence-electron chi connectivity index (χ1n) is 12.5. The number of hydrogen-bond donors (Lipinski definition) is 1. The monoisotopic (exact) mass is 586 g/mol. The third kappa shape index (κ3) is 7.17. The van der Waals surface area contributed by atoms with Gasteiger partial charge < -0.3 is 14.8 Å². The van der Waals surface area contributed by atoms with E-state index in [1.165, 1.54) is 11.3 Å². The van der Waals surface area contributed by atoms with Crippen LogP contribution < -0.4 is 14.8 Å². The molecule has 1 saturated carbocycles. The SMILES string of the molecule is CCOc1cc(/C=C2/SC(=O)N(CC3CCCCC3)C2=O)c(Br)cc1OCC(=O)Nc1ccc(C)cc1. The number of carbonyl (C=O) groups is 3. The third-order valence-electron chi connectivity index (χ3n) is 6.38. The lowest BCUT2D eigenvalue weighted by Crippen LogP contribution is -2.34. The molecule has 4 rings (SSSR count). The second-order valence-corrected chi connectivity index (χ2v) is 11.1. The maximum Gasteiger partial charge on any atom is 0.293 e. The average molecular weight is 588 g/mol. The topological polar surface area (TPSA) is 84.9 Å². The van der Waals surface area contributed by atoms with E-state index in [1.54, 1.807) is 18.2 Å². The zero-order valence-corrected chi connectivity index (χ0v) is 23.5. The van der Waals surface area contributed by atoms with Crippen molar-refractivity contribution in [3.63, 3.8) is 0 Å². The maximum atomic E-state index is 13.0. The molecule has 9 heteroatoms. The lowest BCUT2D eigenvalue weighted by atomic mass is 9.89. The van der Waals surface area contributed by atoms with E-state index >= 15 is 0 Å². The Morgan fingerprint density at radius 1 is 1.11 bits per heavy atom. The molecule has 1 heterocycles. The van der Waals surface area contributed by atoms with Crippen LogP contribution in [0.3, 0.4) is 0 Å². The van der Waals surface area contributed by atoms with Crippen LogP contribution in [0, 0.1) is 12.8 Å². The fraction of sp³-hybridized carbons (Fsp3) is 0.393. The Labute approximate surface area is 230 Å². The fourth-order valence-electron chi connectivity index (χ4n) is 4.45. The summed E-state index contributed by atoms with van der Waals surface area (Å²) in [4.78, 5) is 39.8. The zero-order chi connectivity index (χ0) is 26.4. The standard InChI is InChI=1S/C28H31BrN2O5S/c1-3-35-23-13-20(14-25-27(33)31(28(34)37-25)16-19-7-5-4-6-8-19)22(29)15-24(23)36-17-26(32)30-21-11-9-18(2)10-12-21/h9-15,19H,3-8,16-17H2,1-2H3,(H,30,32)/b25-14+.